The van der Waals surface area contributed by atoms with Crippen molar-refractivity contribution in [3.05, 3.63) is 26.4 Å². The topological polar surface area (TPSA) is 110 Å². The van der Waals surface area contributed by atoms with Crippen molar-refractivity contribution >= 4 is 17.7 Å². The molecule has 0 radical (unpaired) electrons. The summed E-state index contributed by atoms with van der Waals surface area (Å²) < 4.78 is 1.98. The number of carbonyl (C=O) groups excluding carboxylic acids is 1. The summed E-state index contributed by atoms with van der Waals surface area (Å²) in [5, 5.41) is 11.1. The van der Waals surface area contributed by atoms with Gasteiger partial charge in [-0.3, -0.25) is 23.5 Å². The number of anilines is 1. The molecule has 0 spiro atoms. The number of aliphatic carboxylic acids is 1. The Hall–Kier alpha value is -2.38. The van der Waals surface area contributed by atoms with Crippen LogP contribution in [-0.4, -0.2) is 26.1 Å². The molecular weight excluding hydrogens is 242 g/mol. The molecule has 0 saturated carbocycles. The van der Waals surface area contributed by atoms with E-state index in [-0.39, 0.29) is 11.4 Å². The van der Waals surface area contributed by atoms with Gasteiger partial charge in [0, 0.05) is 14.1 Å². The summed E-state index contributed by atoms with van der Waals surface area (Å²) in [6.07, 6.45) is -0.480. The molecule has 0 saturated heterocycles. The van der Waals surface area contributed by atoms with E-state index in [1.54, 1.807) is 0 Å². The van der Waals surface area contributed by atoms with Crippen LogP contribution in [0.2, 0.25) is 0 Å². The highest BCUT2D eigenvalue weighted by Gasteiger charge is 2.37. The van der Waals surface area contributed by atoms with E-state index in [0.29, 0.717) is 0 Å². The molecule has 0 bridgehead atoms. The second-order valence-electron chi connectivity index (χ2n) is 4.11. The van der Waals surface area contributed by atoms with E-state index < -0.39 is 35.5 Å². The zero-order valence-corrected chi connectivity index (χ0v) is 9.76. The molecule has 2 N–H and O–H groups in total. The van der Waals surface area contributed by atoms with Gasteiger partial charge in [-0.2, -0.15) is 0 Å². The first-order chi connectivity index (χ1) is 8.34. The smallest absolute Gasteiger partial charge is 0.332 e. The molecule has 1 aliphatic rings. The van der Waals surface area contributed by atoms with Crippen molar-refractivity contribution in [3.8, 4) is 0 Å². The standard InChI is InChI=1S/C10H11N3O5/c1-12-7-6(9(17)13(2)10(12)18)4(3-5(14)15)8(16)11-7/h4H,3H2,1-2H3,(H,11,16)(H,14,15)/t4-/m1/s1. The quantitative estimate of drug-likeness (QED) is 0.673. The minimum Gasteiger partial charge on any atom is -0.481 e. The van der Waals surface area contributed by atoms with E-state index in [1.165, 1.54) is 14.1 Å². The van der Waals surface area contributed by atoms with Crippen molar-refractivity contribution in [3.63, 3.8) is 0 Å². The highest BCUT2D eigenvalue weighted by atomic mass is 16.4. The number of aromatic nitrogens is 2. The monoisotopic (exact) mass is 253 g/mol. The molecule has 8 nitrogen and oxygen atoms in total. The van der Waals surface area contributed by atoms with Gasteiger partial charge in [-0.05, 0) is 0 Å². The van der Waals surface area contributed by atoms with E-state index in [2.05, 4.69) is 5.32 Å². The Morgan fingerprint density at radius 1 is 1.28 bits per heavy atom. The van der Waals surface area contributed by atoms with E-state index in [4.69, 9.17) is 5.11 Å². The fraction of sp³-hybridized carbons (Fsp3) is 0.400. The molecule has 8 heteroatoms. The average molecular weight is 253 g/mol. The number of carboxylic acid groups (broad SMARTS) is 1. The van der Waals surface area contributed by atoms with Crippen LogP contribution in [0.4, 0.5) is 5.82 Å². The second-order valence-corrected chi connectivity index (χ2v) is 4.11. The second kappa shape index (κ2) is 3.83. The largest absolute Gasteiger partial charge is 0.481 e. The SMILES string of the molecule is Cn1c2c(c(=O)n(C)c1=O)[C@@H](CC(=O)O)C(=O)N2. The molecule has 18 heavy (non-hydrogen) atoms. The number of fused-ring (bicyclic) bond motifs is 1. The number of hydrogen-bond donors (Lipinski definition) is 2. The van der Waals surface area contributed by atoms with Gasteiger partial charge in [0.2, 0.25) is 5.91 Å². The molecule has 1 aliphatic heterocycles. The summed E-state index contributed by atoms with van der Waals surface area (Å²) in [6, 6.07) is 0. The zero-order valence-electron chi connectivity index (χ0n) is 9.76. The number of rotatable bonds is 2. The Labute approximate surface area is 100 Å². The average Bonchev–Trinajstić information content (AvgIpc) is 2.61. The lowest BCUT2D eigenvalue weighted by molar-refractivity contribution is -0.138. The molecule has 96 valence electrons. The van der Waals surface area contributed by atoms with Crippen LogP contribution in [0.3, 0.4) is 0 Å². The lowest BCUT2D eigenvalue weighted by atomic mass is 10.00. The minimum atomic E-state index is -1.18. The van der Waals surface area contributed by atoms with Crippen molar-refractivity contribution in [2.45, 2.75) is 12.3 Å². The summed E-state index contributed by atoms with van der Waals surface area (Å²) >= 11 is 0. The van der Waals surface area contributed by atoms with Crippen LogP contribution in [0.15, 0.2) is 9.59 Å². The van der Waals surface area contributed by atoms with Crippen LogP contribution in [-0.2, 0) is 23.7 Å². The van der Waals surface area contributed by atoms with Crippen LogP contribution in [0.1, 0.15) is 17.9 Å². The number of amides is 1. The van der Waals surface area contributed by atoms with Crippen LogP contribution in [0.25, 0.3) is 0 Å². The number of carboxylic acids is 1. The molecule has 1 aromatic heterocycles. The molecule has 1 amide bonds. The third-order valence-electron chi connectivity index (χ3n) is 2.98. The van der Waals surface area contributed by atoms with Crippen molar-refractivity contribution in [2.75, 3.05) is 5.32 Å². The molecule has 0 aromatic carbocycles. The first-order valence-corrected chi connectivity index (χ1v) is 5.17. The van der Waals surface area contributed by atoms with E-state index in [0.717, 1.165) is 9.13 Å². The summed E-state index contributed by atoms with van der Waals surface area (Å²) in [5.41, 5.74) is -1.18. The number of nitrogens with zero attached hydrogens (tertiary/aromatic N) is 2. The fourth-order valence-corrected chi connectivity index (χ4v) is 2.04. The third-order valence-corrected chi connectivity index (χ3v) is 2.98. The molecule has 0 aliphatic carbocycles. The Morgan fingerprint density at radius 2 is 1.89 bits per heavy atom. The molecule has 2 rings (SSSR count). The summed E-state index contributed by atoms with van der Waals surface area (Å²) in [4.78, 5) is 45.9. The van der Waals surface area contributed by atoms with Gasteiger partial charge in [-0.1, -0.05) is 0 Å². The van der Waals surface area contributed by atoms with Gasteiger partial charge in [0.15, 0.2) is 0 Å². The number of nitrogens with one attached hydrogen (secondary N) is 1. The Morgan fingerprint density at radius 3 is 2.44 bits per heavy atom. The van der Waals surface area contributed by atoms with E-state index >= 15 is 0 Å². The predicted octanol–water partition coefficient (Wildman–Crippen LogP) is -1.41. The van der Waals surface area contributed by atoms with Crippen molar-refractivity contribution in [2.24, 2.45) is 14.1 Å². The van der Waals surface area contributed by atoms with Gasteiger partial charge in [0.25, 0.3) is 5.56 Å². The van der Waals surface area contributed by atoms with Gasteiger partial charge >= 0.3 is 11.7 Å². The Balaban J connectivity index is 2.73. The van der Waals surface area contributed by atoms with Crippen molar-refractivity contribution < 1.29 is 14.7 Å². The van der Waals surface area contributed by atoms with Crippen LogP contribution < -0.4 is 16.6 Å². The molecular formula is C10H11N3O5. The van der Waals surface area contributed by atoms with Crippen molar-refractivity contribution in [1.29, 1.82) is 0 Å². The molecule has 1 aromatic rings. The first-order valence-electron chi connectivity index (χ1n) is 5.17. The Kier molecular flexibility index (Phi) is 2.57. The van der Waals surface area contributed by atoms with E-state index in [9.17, 15) is 19.2 Å². The molecule has 1 atom stereocenters. The summed E-state index contributed by atoms with van der Waals surface area (Å²) in [6.45, 7) is 0. The number of carbonyl (C=O) groups is 2. The maximum Gasteiger partial charge on any atom is 0.332 e. The highest BCUT2D eigenvalue weighted by molar-refractivity contribution is 6.03. The zero-order chi connectivity index (χ0) is 13.6. The lowest BCUT2D eigenvalue weighted by Gasteiger charge is -2.09. The molecule has 0 unspecified atom stereocenters. The van der Waals surface area contributed by atoms with Gasteiger partial charge < -0.3 is 10.4 Å². The highest BCUT2D eigenvalue weighted by Crippen LogP contribution is 2.30. The normalized spacial score (nSPS) is 17.4. The fourth-order valence-electron chi connectivity index (χ4n) is 2.04. The number of hydrogen-bond acceptors (Lipinski definition) is 4. The first kappa shape index (κ1) is 12.1. The van der Waals surface area contributed by atoms with Gasteiger partial charge in [0.1, 0.15) is 5.82 Å². The maximum atomic E-state index is 11.9. The molecule has 0 fully saturated rings. The summed E-state index contributed by atoms with van der Waals surface area (Å²) in [5.74, 6) is -2.73. The van der Waals surface area contributed by atoms with Crippen LogP contribution >= 0.6 is 0 Å². The lowest BCUT2D eigenvalue weighted by Crippen LogP contribution is -2.39. The van der Waals surface area contributed by atoms with Crippen LogP contribution in [0.5, 0.6) is 0 Å². The summed E-state index contributed by atoms with van der Waals surface area (Å²) in [7, 11) is 2.69. The third kappa shape index (κ3) is 1.53. The van der Waals surface area contributed by atoms with Gasteiger partial charge in [0.05, 0.1) is 17.9 Å². The van der Waals surface area contributed by atoms with Gasteiger partial charge in [-0.15, -0.1) is 0 Å². The maximum absolute atomic E-state index is 11.9. The van der Waals surface area contributed by atoms with Crippen molar-refractivity contribution in [1.82, 2.24) is 9.13 Å². The minimum absolute atomic E-state index is 0.0343. The van der Waals surface area contributed by atoms with Gasteiger partial charge in [-0.25, -0.2) is 4.79 Å². The Bertz CT molecular complexity index is 669. The predicted molar refractivity (Wildman–Crippen MR) is 60.5 cm³/mol. The molecule has 2 heterocycles. The van der Waals surface area contributed by atoms with E-state index in [1.807, 2.05) is 0 Å². The van der Waals surface area contributed by atoms with Crippen LogP contribution in [0, 0.1) is 0 Å².